The SMILES string of the molecule is NC(=S)c1cc(S(=O)(=O)NCC2CCCCS2)ccc1F. The predicted molar refractivity (Wildman–Crippen MR) is 87.6 cm³/mol. The van der Waals surface area contributed by atoms with Crippen molar-refractivity contribution < 1.29 is 12.8 Å². The highest BCUT2D eigenvalue weighted by Crippen LogP contribution is 2.25. The molecule has 1 fully saturated rings. The van der Waals surface area contributed by atoms with Gasteiger partial charge in [-0.1, -0.05) is 18.6 Å². The van der Waals surface area contributed by atoms with E-state index in [0.29, 0.717) is 11.8 Å². The summed E-state index contributed by atoms with van der Waals surface area (Å²) in [4.78, 5) is -0.181. The summed E-state index contributed by atoms with van der Waals surface area (Å²) in [6.07, 6.45) is 3.32. The van der Waals surface area contributed by atoms with E-state index in [1.807, 2.05) is 0 Å². The lowest BCUT2D eigenvalue weighted by molar-refractivity contribution is 0.573. The van der Waals surface area contributed by atoms with Crippen LogP contribution >= 0.6 is 24.0 Å². The van der Waals surface area contributed by atoms with Crippen molar-refractivity contribution in [1.29, 1.82) is 0 Å². The number of nitrogens with two attached hydrogens (primary N) is 1. The minimum absolute atomic E-state index is 0.0208. The average molecular weight is 348 g/mol. The molecule has 0 aromatic heterocycles. The van der Waals surface area contributed by atoms with Gasteiger partial charge in [0.1, 0.15) is 10.8 Å². The zero-order valence-corrected chi connectivity index (χ0v) is 13.8. The Hall–Kier alpha value is -0.700. The molecule has 0 spiro atoms. The Morgan fingerprint density at radius 1 is 1.48 bits per heavy atom. The van der Waals surface area contributed by atoms with Crippen LogP contribution in [0.4, 0.5) is 4.39 Å². The first-order valence-electron chi connectivity index (χ1n) is 6.61. The van der Waals surface area contributed by atoms with E-state index in [4.69, 9.17) is 18.0 Å². The van der Waals surface area contributed by atoms with E-state index in [0.717, 1.165) is 24.7 Å². The zero-order valence-electron chi connectivity index (χ0n) is 11.3. The zero-order chi connectivity index (χ0) is 15.5. The molecule has 0 saturated carbocycles. The fraction of sp³-hybridized carbons (Fsp3) is 0.462. The minimum Gasteiger partial charge on any atom is -0.389 e. The van der Waals surface area contributed by atoms with Gasteiger partial charge in [-0.15, -0.1) is 0 Å². The van der Waals surface area contributed by atoms with Crippen LogP contribution in [0.25, 0.3) is 0 Å². The Morgan fingerprint density at radius 3 is 2.86 bits per heavy atom. The second-order valence-corrected chi connectivity index (χ2v) is 8.46. The number of nitrogens with one attached hydrogen (secondary N) is 1. The van der Waals surface area contributed by atoms with Crippen molar-refractivity contribution in [3.8, 4) is 0 Å². The quantitative estimate of drug-likeness (QED) is 0.797. The smallest absolute Gasteiger partial charge is 0.240 e. The molecule has 21 heavy (non-hydrogen) atoms. The molecule has 1 aromatic carbocycles. The maximum absolute atomic E-state index is 13.5. The number of benzene rings is 1. The van der Waals surface area contributed by atoms with Crippen LogP contribution in [0.3, 0.4) is 0 Å². The first-order valence-corrected chi connectivity index (χ1v) is 9.55. The Balaban J connectivity index is 2.11. The van der Waals surface area contributed by atoms with E-state index in [1.54, 1.807) is 11.8 Å². The third-order valence-electron chi connectivity index (χ3n) is 3.29. The van der Waals surface area contributed by atoms with Gasteiger partial charge < -0.3 is 5.73 Å². The largest absolute Gasteiger partial charge is 0.389 e. The number of sulfonamides is 1. The molecule has 0 aliphatic carbocycles. The van der Waals surface area contributed by atoms with Crippen LogP contribution in [0.15, 0.2) is 23.1 Å². The molecule has 116 valence electrons. The molecule has 1 unspecified atom stereocenters. The number of hydrogen-bond acceptors (Lipinski definition) is 4. The molecular weight excluding hydrogens is 331 g/mol. The lowest BCUT2D eigenvalue weighted by Crippen LogP contribution is -2.32. The van der Waals surface area contributed by atoms with Crippen LogP contribution in [-0.4, -0.2) is 31.0 Å². The van der Waals surface area contributed by atoms with Gasteiger partial charge in [-0.3, -0.25) is 0 Å². The second kappa shape index (κ2) is 7.04. The molecule has 1 heterocycles. The van der Waals surface area contributed by atoms with Crippen molar-refractivity contribution in [2.45, 2.75) is 29.4 Å². The van der Waals surface area contributed by atoms with Crippen molar-refractivity contribution in [3.05, 3.63) is 29.6 Å². The summed E-state index contributed by atoms with van der Waals surface area (Å²) in [5, 5.41) is 0.295. The molecular formula is C13H17FN2O2S3. The van der Waals surface area contributed by atoms with Gasteiger partial charge in [0, 0.05) is 17.4 Å². The van der Waals surface area contributed by atoms with Crippen LogP contribution in [0.1, 0.15) is 24.8 Å². The van der Waals surface area contributed by atoms with Crippen LogP contribution in [-0.2, 0) is 10.0 Å². The molecule has 1 atom stereocenters. The highest BCUT2D eigenvalue weighted by molar-refractivity contribution is 8.00. The standard InChI is InChI=1S/C13H17FN2O2S3/c14-12-5-4-10(7-11(12)13(15)19)21(17,18)16-8-9-3-1-2-6-20-9/h4-5,7,9,16H,1-3,6,8H2,(H2,15,19). The van der Waals surface area contributed by atoms with E-state index >= 15 is 0 Å². The Bertz CT molecular complexity index is 628. The van der Waals surface area contributed by atoms with Gasteiger partial charge in [0.05, 0.1) is 4.90 Å². The van der Waals surface area contributed by atoms with E-state index in [1.165, 1.54) is 18.6 Å². The van der Waals surface area contributed by atoms with Gasteiger partial charge in [-0.2, -0.15) is 11.8 Å². The highest BCUT2D eigenvalue weighted by Gasteiger charge is 2.20. The summed E-state index contributed by atoms with van der Waals surface area (Å²) >= 11 is 6.50. The maximum Gasteiger partial charge on any atom is 0.240 e. The molecule has 0 radical (unpaired) electrons. The van der Waals surface area contributed by atoms with Crippen LogP contribution in [0, 0.1) is 5.82 Å². The minimum atomic E-state index is -3.68. The van der Waals surface area contributed by atoms with Crippen LogP contribution in [0.2, 0.25) is 0 Å². The van der Waals surface area contributed by atoms with Gasteiger partial charge >= 0.3 is 0 Å². The molecule has 1 aromatic rings. The summed E-state index contributed by atoms with van der Waals surface area (Å²) < 4.78 is 40.5. The topological polar surface area (TPSA) is 72.2 Å². The van der Waals surface area contributed by atoms with E-state index < -0.39 is 15.8 Å². The molecule has 1 aliphatic heterocycles. The van der Waals surface area contributed by atoms with Gasteiger partial charge in [0.2, 0.25) is 10.0 Å². The van der Waals surface area contributed by atoms with E-state index in [-0.39, 0.29) is 15.4 Å². The van der Waals surface area contributed by atoms with Crippen LogP contribution in [0.5, 0.6) is 0 Å². The van der Waals surface area contributed by atoms with Gasteiger partial charge in [0.15, 0.2) is 0 Å². The number of rotatable bonds is 5. The van der Waals surface area contributed by atoms with Crippen molar-refractivity contribution in [2.75, 3.05) is 12.3 Å². The molecule has 0 bridgehead atoms. The van der Waals surface area contributed by atoms with E-state index in [9.17, 15) is 12.8 Å². The van der Waals surface area contributed by atoms with Gasteiger partial charge in [-0.05, 0) is 36.8 Å². The lowest BCUT2D eigenvalue weighted by Gasteiger charge is -2.21. The maximum atomic E-state index is 13.5. The van der Waals surface area contributed by atoms with Crippen molar-refractivity contribution in [1.82, 2.24) is 4.72 Å². The number of hydrogen-bond donors (Lipinski definition) is 2. The van der Waals surface area contributed by atoms with Crippen molar-refractivity contribution in [2.24, 2.45) is 5.73 Å². The summed E-state index contributed by atoms with van der Waals surface area (Å²) in [5.74, 6) is 0.443. The van der Waals surface area contributed by atoms with E-state index in [2.05, 4.69) is 4.72 Å². The molecule has 4 nitrogen and oxygen atoms in total. The molecule has 3 N–H and O–H groups in total. The molecule has 1 saturated heterocycles. The monoisotopic (exact) mass is 348 g/mol. The average Bonchev–Trinajstić information content (AvgIpc) is 2.46. The van der Waals surface area contributed by atoms with Gasteiger partial charge in [0.25, 0.3) is 0 Å². The highest BCUT2D eigenvalue weighted by atomic mass is 32.2. The fourth-order valence-electron chi connectivity index (χ4n) is 2.11. The predicted octanol–water partition coefficient (Wildman–Crippen LogP) is 2.02. The second-order valence-electron chi connectivity index (χ2n) is 4.85. The third-order valence-corrected chi connectivity index (χ3v) is 6.33. The lowest BCUT2D eigenvalue weighted by atomic mass is 10.2. The number of thioether (sulfide) groups is 1. The molecule has 8 heteroatoms. The Labute approximate surface area is 133 Å². The molecule has 0 amide bonds. The summed E-state index contributed by atoms with van der Waals surface area (Å²) in [5.41, 5.74) is 5.33. The first-order chi connectivity index (χ1) is 9.90. The van der Waals surface area contributed by atoms with Gasteiger partial charge in [-0.25, -0.2) is 17.5 Å². The van der Waals surface area contributed by atoms with Crippen molar-refractivity contribution >= 4 is 39.0 Å². The van der Waals surface area contributed by atoms with Crippen molar-refractivity contribution in [3.63, 3.8) is 0 Å². The fourth-order valence-corrected chi connectivity index (χ4v) is 4.72. The summed E-state index contributed by atoms with van der Waals surface area (Å²) in [6, 6.07) is 3.46. The first kappa shape index (κ1) is 16.7. The Morgan fingerprint density at radius 2 is 2.24 bits per heavy atom. The third kappa shape index (κ3) is 4.38. The Kier molecular flexibility index (Phi) is 5.59. The van der Waals surface area contributed by atoms with Crippen LogP contribution < -0.4 is 10.5 Å². The molecule has 2 rings (SSSR count). The molecule has 1 aliphatic rings. The number of thiocarbonyl (C=S) groups is 1. The summed E-state index contributed by atoms with van der Waals surface area (Å²) in [6.45, 7) is 0.382. The summed E-state index contributed by atoms with van der Waals surface area (Å²) in [7, 11) is -3.68. The number of halogens is 1. The normalized spacial score (nSPS) is 19.4.